The molecule has 6 nitrogen and oxygen atoms in total. The molecule has 1 aromatic carbocycles. The summed E-state index contributed by atoms with van der Waals surface area (Å²) < 4.78 is 22.8. The van der Waals surface area contributed by atoms with Crippen LogP contribution in [0.25, 0.3) is 0 Å². The third-order valence-corrected chi connectivity index (χ3v) is 4.50. The molecule has 1 fully saturated rings. The molecular weight excluding hydrogens is 278 g/mol. The predicted octanol–water partition coefficient (Wildman–Crippen LogP) is 1.71. The van der Waals surface area contributed by atoms with Gasteiger partial charge < -0.3 is 10.6 Å². The van der Waals surface area contributed by atoms with E-state index in [9.17, 15) is 13.2 Å². The number of carbonyl (C=O) groups excluding carboxylic acids is 1. The van der Waals surface area contributed by atoms with E-state index in [0.717, 1.165) is 25.7 Å². The van der Waals surface area contributed by atoms with Crippen molar-refractivity contribution in [1.29, 1.82) is 0 Å². The van der Waals surface area contributed by atoms with E-state index in [1.54, 1.807) is 19.1 Å². The van der Waals surface area contributed by atoms with Gasteiger partial charge in [0.25, 0.3) is 0 Å². The molecule has 0 heterocycles. The normalized spacial score (nSPS) is 16.1. The zero-order valence-corrected chi connectivity index (χ0v) is 12.2. The largest absolute Gasteiger partial charge is 0.335 e. The number of hydrogen-bond donors (Lipinski definition) is 3. The smallest absolute Gasteiger partial charge is 0.319 e. The fourth-order valence-electron chi connectivity index (χ4n) is 2.41. The summed E-state index contributed by atoms with van der Waals surface area (Å²) in [6.07, 6.45) is 4.24. The average Bonchev–Trinajstić information content (AvgIpc) is 2.83. The first-order valence-electron chi connectivity index (χ1n) is 6.57. The van der Waals surface area contributed by atoms with Gasteiger partial charge in [0.15, 0.2) is 0 Å². The van der Waals surface area contributed by atoms with E-state index >= 15 is 0 Å². The number of nitrogens with one attached hydrogen (secondary N) is 2. The van der Waals surface area contributed by atoms with Crippen LogP contribution in [0.2, 0.25) is 0 Å². The van der Waals surface area contributed by atoms with Crippen LogP contribution in [0.4, 0.5) is 10.5 Å². The molecule has 1 aliphatic carbocycles. The van der Waals surface area contributed by atoms with E-state index in [2.05, 4.69) is 10.6 Å². The summed E-state index contributed by atoms with van der Waals surface area (Å²) in [5, 5.41) is 10.6. The zero-order chi connectivity index (χ0) is 14.8. The van der Waals surface area contributed by atoms with Crippen LogP contribution in [0.1, 0.15) is 31.2 Å². The Balaban J connectivity index is 2.07. The van der Waals surface area contributed by atoms with Gasteiger partial charge in [-0.1, -0.05) is 18.9 Å². The highest BCUT2D eigenvalue weighted by Gasteiger charge is 2.18. The third kappa shape index (κ3) is 3.71. The summed E-state index contributed by atoms with van der Waals surface area (Å²) in [5.74, 6) is 0. The van der Waals surface area contributed by atoms with Gasteiger partial charge in [-0.3, -0.25) is 0 Å². The van der Waals surface area contributed by atoms with Crippen molar-refractivity contribution in [2.45, 2.75) is 43.5 Å². The SMILES string of the molecule is Cc1ccc(NC(=O)NC2CCCC2)cc1S(N)(=O)=O. The number of urea groups is 1. The van der Waals surface area contributed by atoms with Gasteiger partial charge in [0.1, 0.15) is 0 Å². The van der Waals surface area contributed by atoms with Crippen molar-refractivity contribution in [3.05, 3.63) is 23.8 Å². The van der Waals surface area contributed by atoms with E-state index in [-0.39, 0.29) is 17.0 Å². The van der Waals surface area contributed by atoms with Crippen LogP contribution in [0.15, 0.2) is 23.1 Å². The molecule has 7 heteroatoms. The molecule has 2 rings (SSSR count). The van der Waals surface area contributed by atoms with Crippen LogP contribution in [0.3, 0.4) is 0 Å². The minimum Gasteiger partial charge on any atom is -0.335 e. The number of hydrogen-bond acceptors (Lipinski definition) is 3. The van der Waals surface area contributed by atoms with Gasteiger partial charge in [-0.05, 0) is 37.5 Å². The van der Waals surface area contributed by atoms with Gasteiger partial charge in [-0.2, -0.15) is 0 Å². The highest BCUT2D eigenvalue weighted by Crippen LogP contribution is 2.20. The van der Waals surface area contributed by atoms with Crippen molar-refractivity contribution < 1.29 is 13.2 Å². The fourth-order valence-corrected chi connectivity index (χ4v) is 3.22. The number of rotatable bonds is 3. The monoisotopic (exact) mass is 297 g/mol. The third-order valence-electron chi connectivity index (χ3n) is 3.44. The number of carbonyl (C=O) groups is 1. The first-order valence-corrected chi connectivity index (χ1v) is 8.12. The van der Waals surface area contributed by atoms with Crippen molar-refractivity contribution in [3.63, 3.8) is 0 Å². The predicted molar refractivity (Wildman–Crippen MR) is 77.0 cm³/mol. The Bertz CT molecular complexity index is 607. The topological polar surface area (TPSA) is 101 Å². The maximum absolute atomic E-state index is 11.8. The second-order valence-corrected chi connectivity index (χ2v) is 6.63. The van der Waals surface area contributed by atoms with Gasteiger partial charge in [0.2, 0.25) is 10.0 Å². The lowest BCUT2D eigenvalue weighted by Crippen LogP contribution is -2.36. The highest BCUT2D eigenvalue weighted by molar-refractivity contribution is 7.89. The Morgan fingerprint density at radius 3 is 2.55 bits per heavy atom. The molecular formula is C13H19N3O3S. The number of primary sulfonamides is 1. The van der Waals surface area contributed by atoms with Crippen molar-refractivity contribution >= 4 is 21.7 Å². The van der Waals surface area contributed by atoms with Crippen molar-refractivity contribution in [1.82, 2.24) is 5.32 Å². The van der Waals surface area contributed by atoms with Gasteiger partial charge >= 0.3 is 6.03 Å². The van der Waals surface area contributed by atoms with Crippen molar-refractivity contribution in [2.75, 3.05) is 5.32 Å². The van der Waals surface area contributed by atoms with Gasteiger partial charge in [0.05, 0.1) is 4.90 Å². The number of sulfonamides is 1. The van der Waals surface area contributed by atoms with E-state index in [1.165, 1.54) is 6.07 Å². The number of anilines is 1. The molecule has 0 bridgehead atoms. The van der Waals surface area contributed by atoms with Crippen LogP contribution in [-0.4, -0.2) is 20.5 Å². The quantitative estimate of drug-likeness (QED) is 0.791. The first kappa shape index (κ1) is 14.8. The summed E-state index contributed by atoms with van der Waals surface area (Å²) >= 11 is 0. The van der Waals surface area contributed by atoms with E-state index in [4.69, 9.17) is 5.14 Å². The Hall–Kier alpha value is -1.60. The fraction of sp³-hybridized carbons (Fsp3) is 0.462. The molecule has 0 unspecified atom stereocenters. The summed E-state index contributed by atoms with van der Waals surface area (Å²) in [6, 6.07) is 4.53. The highest BCUT2D eigenvalue weighted by atomic mass is 32.2. The summed E-state index contributed by atoms with van der Waals surface area (Å²) in [6.45, 7) is 1.65. The van der Waals surface area contributed by atoms with E-state index in [1.807, 2.05) is 0 Å². The molecule has 0 saturated heterocycles. The standard InChI is InChI=1S/C13H19N3O3S/c1-9-6-7-11(8-12(9)20(14,18)19)16-13(17)15-10-4-2-3-5-10/h6-8,10H,2-5H2,1H3,(H2,14,18,19)(H2,15,16,17). The van der Waals surface area contributed by atoms with Crippen molar-refractivity contribution in [2.24, 2.45) is 5.14 Å². The summed E-state index contributed by atoms with van der Waals surface area (Å²) in [5.41, 5.74) is 0.962. The molecule has 2 amide bonds. The van der Waals surface area contributed by atoms with E-state index < -0.39 is 10.0 Å². The van der Waals surface area contributed by atoms with Gasteiger partial charge in [-0.25, -0.2) is 18.4 Å². The molecule has 20 heavy (non-hydrogen) atoms. The minimum atomic E-state index is -3.79. The lowest BCUT2D eigenvalue weighted by atomic mass is 10.2. The molecule has 110 valence electrons. The molecule has 1 aliphatic rings. The van der Waals surface area contributed by atoms with Crippen LogP contribution in [0.5, 0.6) is 0 Å². The van der Waals surface area contributed by atoms with Gasteiger partial charge in [-0.15, -0.1) is 0 Å². The maximum atomic E-state index is 11.8. The second kappa shape index (κ2) is 5.80. The Morgan fingerprint density at radius 1 is 1.30 bits per heavy atom. The Morgan fingerprint density at radius 2 is 1.95 bits per heavy atom. The Labute approximate surface area is 118 Å². The van der Waals surface area contributed by atoms with Crippen molar-refractivity contribution in [3.8, 4) is 0 Å². The van der Waals surface area contributed by atoms with E-state index in [0.29, 0.717) is 11.3 Å². The van der Waals surface area contributed by atoms with Crippen LogP contribution >= 0.6 is 0 Å². The van der Waals surface area contributed by atoms with Crippen LogP contribution in [-0.2, 0) is 10.0 Å². The van der Waals surface area contributed by atoms with Crippen LogP contribution in [0, 0.1) is 6.92 Å². The minimum absolute atomic E-state index is 0.0242. The molecule has 0 radical (unpaired) electrons. The number of aryl methyl sites for hydroxylation is 1. The molecule has 1 saturated carbocycles. The molecule has 0 aliphatic heterocycles. The molecule has 4 N–H and O–H groups in total. The number of nitrogens with two attached hydrogens (primary N) is 1. The van der Waals surface area contributed by atoms with Crippen LogP contribution < -0.4 is 15.8 Å². The first-order chi connectivity index (χ1) is 9.36. The lowest BCUT2D eigenvalue weighted by molar-refractivity contribution is 0.248. The summed E-state index contributed by atoms with van der Waals surface area (Å²) in [4.78, 5) is 11.8. The summed E-state index contributed by atoms with van der Waals surface area (Å²) in [7, 11) is -3.79. The average molecular weight is 297 g/mol. The van der Waals surface area contributed by atoms with Gasteiger partial charge in [0, 0.05) is 11.7 Å². The molecule has 0 atom stereocenters. The molecule has 0 spiro atoms. The maximum Gasteiger partial charge on any atom is 0.319 e. The lowest BCUT2D eigenvalue weighted by Gasteiger charge is -2.14. The Kier molecular flexibility index (Phi) is 4.29. The molecule has 1 aromatic rings. The second-order valence-electron chi connectivity index (χ2n) is 5.11. The number of amides is 2. The molecule has 0 aromatic heterocycles. The number of benzene rings is 1. The zero-order valence-electron chi connectivity index (χ0n) is 11.3.